The molecule has 0 spiro atoms. The summed E-state index contributed by atoms with van der Waals surface area (Å²) in [5.74, 6) is 0.394. The summed E-state index contributed by atoms with van der Waals surface area (Å²) >= 11 is 1.90. The van der Waals surface area contributed by atoms with Gasteiger partial charge in [0.15, 0.2) is 0 Å². The highest BCUT2D eigenvalue weighted by molar-refractivity contribution is 7.20. The van der Waals surface area contributed by atoms with E-state index in [4.69, 9.17) is 9.97 Å². The summed E-state index contributed by atoms with van der Waals surface area (Å²) in [7, 11) is 0. The quantitative estimate of drug-likeness (QED) is 0.225. The number of hydrogen-bond acceptors (Lipinski definition) is 3. The number of aryl methyl sites for hydroxylation is 1. The maximum absolute atomic E-state index is 5.18. The van der Waals surface area contributed by atoms with Crippen LogP contribution in [0.1, 0.15) is 39.5 Å². The van der Waals surface area contributed by atoms with Gasteiger partial charge in [-0.2, -0.15) is 0 Å². The Hall–Kier alpha value is -4.08. The van der Waals surface area contributed by atoms with Gasteiger partial charge in [0.25, 0.3) is 0 Å². The van der Waals surface area contributed by atoms with E-state index in [1.54, 1.807) is 0 Å². The molecule has 2 aliphatic rings. The summed E-state index contributed by atoms with van der Waals surface area (Å²) < 4.78 is 1.38. The summed E-state index contributed by atoms with van der Waals surface area (Å²) in [4.78, 5) is 11.6. The van der Waals surface area contributed by atoms with Gasteiger partial charge >= 0.3 is 0 Å². The van der Waals surface area contributed by atoms with E-state index < -0.39 is 0 Å². The van der Waals surface area contributed by atoms with Crippen LogP contribution in [0.2, 0.25) is 0 Å². The van der Waals surface area contributed by atoms with Crippen molar-refractivity contribution in [2.24, 2.45) is 0 Å². The molecule has 6 aromatic rings. The first-order valence-corrected chi connectivity index (χ1v) is 13.8. The fourth-order valence-corrected chi connectivity index (χ4v) is 7.26. The van der Waals surface area contributed by atoms with Crippen LogP contribution in [0.5, 0.6) is 0 Å². The molecule has 0 amide bonds. The van der Waals surface area contributed by atoms with Crippen molar-refractivity contribution >= 4 is 55.4 Å². The first-order valence-electron chi connectivity index (χ1n) is 13.0. The van der Waals surface area contributed by atoms with Gasteiger partial charge in [-0.05, 0) is 64.4 Å². The molecule has 2 heterocycles. The number of thiophene rings is 1. The molecule has 3 heteroatoms. The lowest BCUT2D eigenvalue weighted by atomic mass is 9.86. The van der Waals surface area contributed by atoms with Crippen LogP contribution in [-0.2, 0) is 12.8 Å². The van der Waals surface area contributed by atoms with Crippen LogP contribution in [-0.4, -0.2) is 9.97 Å². The molecule has 0 fully saturated rings. The van der Waals surface area contributed by atoms with Crippen LogP contribution >= 0.6 is 11.3 Å². The van der Waals surface area contributed by atoms with Gasteiger partial charge in [0.2, 0.25) is 0 Å². The molecule has 0 bridgehead atoms. The Kier molecular flexibility index (Phi) is 4.68. The molecule has 0 saturated heterocycles. The molecule has 1 unspecified atom stereocenters. The Labute approximate surface area is 219 Å². The minimum absolute atomic E-state index is 0.394. The van der Waals surface area contributed by atoms with E-state index in [0.29, 0.717) is 5.92 Å². The molecular weight excluding hydrogens is 468 g/mol. The molecule has 37 heavy (non-hydrogen) atoms. The number of hydrogen-bond donors (Lipinski definition) is 0. The van der Waals surface area contributed by atoms with Crippen molar-refractivity contribution < 1.29 is 0 Å². The van der Waals surface area contributed by atoms with E-state index in [9.17, 15) is 0 Å². The summed E-state index contributed by atoms with van der Waals surface area (Å²) in [6.45, 7) is 0. The molecule has 0 N–H and O–H groups in total. The summed E-state index contributed by atoms with van der Waals surface area (Å²) in [5.41, 5.74) is 9.58. The van der Waals surface area contributed by atoms with Crippen molar-refractivity contribution in [3.8, 4) is 11.3 Å². The topological polar surface area (TPSA) is 25.8 Å². The van der Waals surface area contributed by atoms with Crippen LogP contribution in [0, 0.1) is 0 Å². The minimum Gasteiger partial charge on any atom is -0.252 e. The standard InChI is InChI=1S/C34H24N2S/c1-3-10-27-24(7-1)25-8-2-4-11-28(25)34-33(27)35-20-30(36-34)22-15-13-21(14-16-22)23-17-18-32-29(19-23)26-9-5-6-12-31(26)37-32/h1-2,4-9,11-18,20,23H,3,10,19H2. The van der Waals surface area contributed by atoms with E-state index in [1.807, 2.05) is 17.5 Å². The first kappa shape index (κ1) is 21.0. The van der Waals surface area contributed by atoms with Crippen molar-refractivity contribution in [1.82, 2.24) is 9.97 Å². The highest BCUT2D eigenvalue weighted by Crippen LogP contribution is 2.40. The molecule has 2 aliphatic carbocycles. The van der Waals surface area contributed by atoms with Crippen LogP contribution < -0.4 is 0 Å². The number of nitrogens with zero attached hydrogens (tertiary/aromatic N) is 2. The molecule has 0 radical (unpaired) electrons. The third-order valence-corrected chi connectivity index (χ3v) is 9.15. The number of rotatable bonds is 2. The van der Waals surface area contributed by atoms with Crippen LogP contribution in [0.3, 0.4) is 0 Å². The Morgan fingerprint density at radius 3 is 2.46 bits per heavy atom. The Morgan fingerprint density at radius 2 is 1.57 bits per heavy atom. The van der Waals surface area contributed by atoms with Crippen molar-refractivity contribution in [1.29, 1.82) is 0 Å². The van der Waals surface area contributed by atoms with Crippen molar-refractivity contribution in [3.63, 3.8) is 0 Å². The Bertz CT molecular complexity index is 1910. The van der Waals surface area contributed by atoms with Crippen molar-refractivity contribution in [3.05, 3.63) is 118 Å². The first-order chi connectivity index (χ1) is 18.3. The van der Waals surface area contributed by atoms with Gasteiger partial charge in [-0.1, -0.05) is 85.0 Å². The fraction of sp³-hybridized carbons (Fsp3) is 0.118. The maximum atomic E-state index is 5.18. The van der Waals surface area contributed by atoms with Crippen molar-refractivity contribution in [2.45, 2.75) is 25.2 Å². The summed E-state index contributed by atoms with van der Waals surface area (Å²) in [6, 6.07) is 26.4. The van der Waals surface area contributed by atoms with E-state index in [1.165, 1.54) is 48.0 Å². The molecule has 176 valence electrons. The monoisotopic (exact) mass is 492 g/mol. The molecule has 2 nitrogen and oxygen atoms in total. The second kappa shape index (κ2) is 8.22. The van der Waals surface area contributed by atoms with Crippen LogP contribution in [0.4, 0.5) is 0 Å². The molecule has 0 aliphatic heterocycles. The van der Waals surface area contributed by atoms with Crippen LogP contribution in [0.25, 0.3) is 55.3 Å². The number of benzene rings is 4. The minimum atomic E-state index is 0.394. The highest BCUT2D eigenvalue weighted by atomic mass is 32.1. The molecule has 8 rings (SSSR count). The lowest BCUT2D eigenvalue weighted by Gasteiger charge is -2.18. The molecule has 2 aromatic heterocycles. The predicted molar refractivity (Wildman–Crippen MR) is 157 cm³/mol. The van der Waals surface area contributed by atoms with E-state index in [0.717, 1.165) is 41.6 Å². The number of allylic oxidation sites excluding steroid dienone is 2. The average Bonchev–Trinajstić information content (AvgIpc) is 3.35. The lowest BCUT2D eigenvalue weighted by Crippen LogP contribution is -2.04. The Morgan fingerprint density at radius 1 is 0.757 bits per heavy atom. The lowest BCUT2D eigenvalue weighted by molar-refractivity contribution is 0.837. The van der Waals surface area contributed by atoms with Crippen LogP contribution in [0.15, 0.2) is 91.1 Å². The number of fused-ring (bicyclic) bond motifs is 9. The fourth-order valence-electron chi connectivity index (χ4n) is 6.11. The third kappa shape index (κ3) is 3.31. The largest absolute Gasteiger partial charge is 0.252 e. The SMILES string of the molecule is C1=Cc2c(c3ncc(-c4ccc(C5C=Cc6sc7ccccc7c6C5)cc4)nc3c3ccccc23)CC1. The van der Waals surface area contributed by atoms with Gasteiger partial charge in [0.1, 0.15) is 0 Å². The zero-order chi connectivity index (χ0) is 24.3. The third-order valence-electron chi connectivity index (χ3n) is 7.97. The zero-order valence-electron chi connectivity index (χ0n) is 20.3. The average molecular weight is 493 g/mol. The maximum Gasteiger partial charge on any atom is 0.0975 e. The molecule has 4 aromatic carbocycles. The van der Waals surface area contributed by atoms with E-state index in [-0.39, 0.29) is 0 Å². The molecule has 0 saturated carbocycles. The van der Waals surface area contributed by atoms with Gasteiger partial charge in [-0.25, -0.2) is 4.98 Å². The van der Waals surface area contributed by atoms with E-state index in [2.05, 4.69) is 97.1 Å². The van der Waals surface area contributed by atoms with Gasteiger partial charge in [0, 0.05) is 26.4 Å². The molecule has 1 atom stereocenters. The Balaban J connectivity index is 1.17. The zero-order valence-corrected chi connectivity index (χ0v) is 21.1. The second-order valence-corrected chi connectivity index (χ2v) is 11.1. The van der Waals surface area contributed by atoms with Crippen molar-refractivity contribution in [2.75, 3.05) is 0 Å². The number of aromatic nitrogens is 2. The molecular formula is C34H24N2S. The normalized spacial score (nSPS) is 16.4. The van der Waals surface area contributed by atoms with Gasteiger partial charge < -0.3 is 0 Å². The smallest absolute Gasteiger partial charge is 0.0975 e. The predicted octanol–water partition coefficient (Wildman–Crippen LogP) is 8.98. The van der Waals surface area contributed by atoms with E-state index >= 15 is 0 Å². The summed E-state index contributed by atoms with van der Waals surface area (Å²) in [5, 5.41) is 3.86. The second-order valence-electron chi connectivity index (χ2n) is 10.1. The van der Waals surface area contributed by atoms with Gasteiger partial charge in [0.05, 0.1) is 22.9 Å². The highest BCUT2D eigenvalue weighted by Gasteiger charge is 2.21. The van der Waals surface area contributed by atoms with Gasteiger partial charge in [-0.3, -0.25) is 4.98 Å². The van der Waals surface area contributed by atoms with Gasteiger partial charge in [-0.15, -0.1) is 11.3 Å². The summed E-state index contributed by atoms with van der Waals surface area (Å²) in [6.07, 6.45) is 14.3.